The van der Waals surface area contributed by atoms with Crippen molar-refractivity contribution in [2.45, 2.75) is 0 Å². The highest BCUT2D eigenvalue weighted by Crippen LogP contribution is 1.76. The highest BCUT2D eigenvalue weighted by atomic mass is 16.5. The Bertz CT molecular complexity index is 39.7. The Morgan fingerprint density at radius 2 is 1.30 bits per heavy atom. The summed E-state index contributed by atoms with van der Waals surface area (Å²) in [6.07, 6.45) is 0. The summed E-state index contributed by atoms with van der Waals surface area (Å²) in [5.74, 6) is 0. The van der Waals surface area contributed by atoms with Gasteiger partial charge in [-0.1, -0.05) is 0 Å². The quantitative estimate of drug-likeness (QED) is 0.515. The van der Waals surface area contributed by atoms with E-state index in [4.69, 9.17) is 4.74 Å². The van der Waals surface area contributed by atoms with Crippen LogP contribution in [0.25, 0.3) is 0 Å². The van der Waals surface area contributed by atoms with Gasteiger partial charge in [0, 0.05) is 13.1 Å². The van der Waals surface area contributed by atoms with E-state index in [2.05, 4.69) is 31.6 Å². The zero-order valence-corrected chi connectivity index (χ0v) is 6.57. The average Bonchev–Trinajstić information content (AvgIpc) is 2.14. The SMILES string of the molecule is C1COCCN1.C=C.C=C. The molecule has 1 fully saturated rings. The third-order valence-corrected chi connectivity index (χ3v) is 0.846. The van der Waals surface area contributed by atoms with Crippen LogP contribution in [0.5, 0.6) is 0 Å². The van der Waals surface area contributed by atoms with Gasteiger partial charge in [-0.05, 0) is 0 Å². The van der Waals surface area contributed by atoms with E-state index in [0.717, 1.165) is 26.3 Å². The second-order valence-corrected chi connectivity index (χ2v) is 1.36. The number of hydrogen-bond acceptors (Lipinski definition) is 2. The van der Waals surface area contributed by atoms with Crippen molar-refractivity contribution >= 4 is 0 Å². The fraction of sp³-hybridized carbons (Fsp3) is 0.500. The first kappa shape index (κ1) is 12.1. The topological polar surface area (TPSA) is 21.3 Å². The van der Waals surface area contributed by atoms with Gasteiger partial charge < -0.3 is 10.1 Å². The molecule has 60 valence electrons. The van der Waals surface area contributed by atoms with Crippen LogP contribution in [0.3, 0.4) is 0 Å². The van der Waals surface area contributed by atoms with Crippen molar-refractivity contribution in [3.63, 3.8) is 0 Å². The number of morpholine rings is 1. The summed E-state index contributed by atoms with van der Waals surface area (Å²) in [4.78, 5) is 0. The van der Waals surface area contributed by atoms with Crippen LogP contribution in [-0.2, 0) is 4.74 Å². The lowest BCUT2D eigenvalue weighted by Gasteiger charge is -2.10. The fourth-order valence-electron chi connectivity index (χ4n) is 0.516. The predicted molar refractivity (Wildman–Crippen MR) is 46.2 cm³/mol. The third-order valence-electron chi connectivity index (χ3n) is 0.846. The zero-order chi connectivity index (χ0) is 8.24. The molecule has 1 saturated heterocycles. The first-order chi connectivity index (χ1) is 5.00. The van der Waals surface area contributed by atoms with E-state index in [1.165, 1.54) is 0 Å². The van der Waals surface area contributed by atoms with Gasteiger partial charge in [0.2, 0.25) is 0 Å². The van der Waals surface area contributed by atoms with E-state index in [-0.39, 0.29) is 0 Å². The number of ether oxygens (including phenoxy) is 1. The maximum atomic E-state index is 5.01. The van der Waals surface area contributed by atoms with E-state index >= 15 is 0 Å². The molecular weight excluding hydrogens is 126 g/mol. The molecule has 0 aromatic carbocycles. The molecule has 0 spiro atoms. The van der Waals surface area contributed by atoms with Gasteiger partial charge in [0.1, 0.15) is 0 Å². The average molecular weight is 143 g/mol. The molecule has 1 heterocycles. The molecule has 0 bridgehead atoms. The lowest BCUT2D eigenvalue weighted by molar-refractivity contribution is 0.109. The number of nitrogens with one attached hydrogen (secondary N) is 1. The summed E-state index contributed by atoms with van der Waals surface area (Å²) in [5.41, 5.74) is 0. The molecule has 1 N–H and O–H groups in total. The lowest BCUT2D eigenvalue weighted by atomic mass is 10.5. The summed E-state index contributed by atoms with van der Waals surface area (Å²) in [7, 11) is 0. The zero-order valence-electron chi connectivity index (χ0n) is 6.57. The Kier molecular flexibility index (Phi) is 19.1. The molecule has 0 aliphatic carbocycles. The summed E-state index contributed by atoms with van der Waals surface area (Å²) in [6, 6.07) is 0. The van der Waals surface area contributed by atoms with Gasteiger partial charge in [-0.15, -0.1) is 26.3 Å². The number of hydrogen-bond donors (Lipinski definition) is 1. The summed E-state index contributed by atoms with van der Waals surface area (Å²) < 4.78 is 5.01. The lowest BCUT2D eigenvalue weighted by Crippen LogP contribution is -2.30. The molecule has 0 amide bonds. The second kappa shape index (κ2) is 15.8. The fourth-order valence-corrected chi connectivity index (χ4v) is 0.516. The highest BCUT2D eigenvalue weighted by Gasteiger charge is 1.92. The van der Waals surface area contributed by atoms with Crippen LogP contribution in [0.1, 0.15) is 0 Å². The van der Waals surface area contributed by atoms with Crippen LogP contribution in [0.15, 0.2) is 26.3 Å². The number of rotatable bonds is 0. The Labute approximate surface area is 63.6 Å². The molecule has 0 aromatic rings. The van der Waals surface area contributed by atoms with Crippen molar-refractivity contribution < 1.29 is 4.74 Å². The Morgan fingerprint density at radius 1 is 0.900 bits per heavy atom. The summed E-state index contributed by atoms with van der Waals surface area (Å²) in [6.45, 7) is 15.8. The van der Waals surface area contributed by atoms with Crippen LogP contribution in [0, 0.1) is 0 Å². The van der Waals surface area contributed by atoms with Crippen molar-refractivity contribution in [3.8, 4) is 0 Å². The molecule has 1 aliphatic heterocycles. The first-order valence-corrected chi connectivity index (χ1v) is 3.28. The molecule has 1 rings (SSSR count). The van der Waals surface area contributed by atoms with Gasteiger partial charge in [-0.2, -0.15) is 0 Å². The van der Waals surface area contributed by atoms with Crippen molar-refractivity contribution in [3.05, 3.63) is 26.3 Å². The van der Waals surface area contributed by atoms with E-state index in [1.54, 1.807) is 0 Å². The minimum atomic E-state index is 0.889. The van der Waals surface area contributed by atoms with Crippen LogP contribution in [-0.4, -0.2) is 26.3 Å². The molecule has 2 nitrogen and oxygen atoms in total. The second-order valence-electron chi connectivity index (χ2n) is 1.36. The van der Waals surface area contributed by atoms with E-state index in [9.17, 15) is 0 Å². The smallest absolute Gasteiger partial charge is 0.0591 e. The first-order valence-electron chi connectivity index (χ1n) is 3.28. The molecule has 0 radical (unpaired) electrons. The van der Waals surface area contributed by atoms with Crippen LogP contribution in [0.2, 0.25) is 0 Å². The molecule has 10 heavy (non-hydrogen) atoms. The van der Waals surface area contributed by atoms with Gasteiger partial charge >= 0.3 is 0 Å². The minimum absolute atomic E-state index is 0.889. The molecule has 1 aliphatic rings. The summed E-state index contributed by atoms with van der Waals surface area (Å²) >= 11 is 0. The molecule has 0 unspecified atom stereocenters. The molecule has 0 atom stereocenters. The van der Waals surface area contributed by atoms with Crippen molar-refractivity contribution in [2.75, 3.05) is 26.3 Å². The van der Waals surface area contributed by atoms with Gasteiger partial charge in [-0.3, -0.25) is 0 Å². The van der Waals surface area contributed by atoms with Gasteiger partial charge in [-0.25, -0.2) is 0 Å². The van der Waals surface area contributed by atoms with Gasteiger partial charge in [0.05, 0.1) is 13.2 Å². The predicted octanol–water partition coefficient (Wildman–Crippen LogP) is 1.21. The van der Waals surface area contributed by atoms with Crippen molar-refractivity contribution in [1.29, 1.82) is 0 Å². The Morgan fingerprint density at radius 3 is 1.40 bits per heavy atom. The Balaban J connectivity index is 0. The van der Waals surface area contributed by atoms with Crippen molar-refractivity contribution in [1.82, 2.24) is 5.32 Å². The van der Waals surface area contributed by atoms with Crippen molar-refractivity contribution in [2.24, 2.45) is 0 Å². The van der Waals surface area contributed by atoms with Crippen LogP contribution >= 0.6 is 0 Å². The highest BCUT2D eigenvalue weighted by molar-refractivity contribution is 4.49. The maximum absolute atomic E-state index is 5.01. The third kappa shape index (κ3) is 10.4. The Hall–Kier alpha value is -0.600. The standard InChI is InChI=1S/C4H9NO.2C2H4/c1-3-6-4-2-5-1;2*1-2/h5H,1-4H2;2*1-2H2. The van der Waals surface area contributed by atoms with Crippen LogP contribution < -0.4 is 5.32 Å². The normalized spacial score (nSPS) is 15.2. The van der Waals surface area contributed by atoms with E-state index in [0.29, 0.717) is 0 Å². The summed E-state index contributed by atoms with van der Waals surface area (Å²) in [5, 5.41) is 3.16. The maximum Gasteiger partial charge on any atom is 0.0591 e. The molecule has 0 saturated carbocycles. The van der Waals surface area contributed by atoms with Gasteiger partial charge in [0.15, 0.2) is 0 Å². The van der Waals surface area contributed by atoms with Gasteiger partial charge in [0.25, 0.3) is 0 Å². The molecule has 0 aromatic heterocycles. The molecule has 2 heteroatoms. The van der Waals surface area contributed by atoms with E-state index < -0.39 is 0 Å². The largest absolute Gasteiger partial charge is 0.379 e. The minimum Gasteiger partial charge on any atom is -0.379 e. The monoisotopic (exact) mass is 143 g/mol. The van der Waals surface area contributed by atoms with Crippen LogP contribution in [0.4, 0.5) is 0 Å². The molecular formula is C8H17NO. The van der Waals surface area contributed by atoms with E-state index in [1.807, 2.05) is 0 Å².